The van der Waals surface area contributed by atoms with Gasteiger partial charge in [-0.15, -0.1) is 0 Å². The number of likely N-dealkylation sites (tertiary alicyclic amines) is 1. The third-order valence-corrected chi connectivity index (χ3v) is 3.85. The predicted molar refractivity (Wildman–Crippen MR) is 65.1 cm³/mol. The van der Waals surface area contributed by atoms with Crippen LogP contribution < -0.4 is 5.32 Å². The largest absolute Gasteiger partial charge is 0.314 e. The minimum Gasteiger partial charge on any atom is -0.314 e. The Morgan fingerprint density at radius 2 is 2.07 bits per heavy atom. The van der Waals surface area contributed by atoms with Gasteiger partial charge in [0.25, 0.3) is 0 Å². The van der Waals surface area contributed by atoms with Crippen LogP contribution in [-0.2, 0) is 0 Å². The molecule has 2 aliphatic rings. The highest BCUT2D eigenvalue weighted by Crippen LogP contribution is 2.20. The van der Waals surface area contributed by atoms with Crippen molar-refractivity contribution in [1.29, 1.82) is 0 Å². The van der Waals surface area contributed by atoms with Crippen LogP contribution in [0, 0.1) is 0 Å². The van der Waals surface area contributed by atoms with Gasteiger partial charge in [0.05, 0.1) is 0 Å². The molecule has 1 saturated carbocycles. The van der Waals surface area contributed by atoms with Gasteiger partial charge in [-0.1, -0.05) is 13.3 Å². The van der Waals surface area contributed by atoms with Gasteiger partial charge in [0, 0.05) is 12.1 Å². The third kappa shape index (κ3) is 3.76. The first-order valence-electron chi connectivity index (χ1n) is 6.87. The van der Waals surface area contributed by atoms with Gasteiger partial charge in [0.15, 0.2) is 0 Å². The topological polar surface area (TPSA) is 15.3 Å². The summed E-state index contributed by atoms with van der Waals surface area (Å²) >= 11 is 0. The van der Waals surface area contributed by atoms with Crippen LogP contribution in [-0.4, -0.2) is 36.6 Å². The summed E-state index contributed by atoms with van der Waals surface area (Å²) in [6, 6.07) is 1.77. The van der Waals surface area contributed by atoms with Crippen LogP contribution in [0.5, 0.6) is 0 Å². The maximum atomic E-state index is 3.60. The Bertz CT molecular complexity index is 177. The highest BCUT2D eigenvalue weighted by atomic mass is 15.2. The average molecular weight is 210 g/mol. The van der Waals surface area contributed by atoms with Gasteiger partial charge in [-0.2, -0.15) is 0 Å². The van der Waals surface area contributed by atoms with Crippen molar-refractivity contribution in [3.8, 4) is 0 Å². The van der Waals surface area contributed by atoms with E-state index in [1.807, 2.05) is 0 Å². The quantitative estimate of drug-likeness (QED) is 0.677. The molecule has 0 aromatic carbocycles. The maximum Gasteiger partial charge on any atom is 0.00926 e. The molecule has 1 saturated heterocycles. The predicted octanol–water partition coefficient (Wildman–Crippen LogP) is 2.39. The Balaban J connectivity index is 1.58. The second-order valence-corrected chi connectivity index (χ2v) is 5.18. The summed E-state index contributed by atoms with van der Waals surface area (Å²) in [6.07, 6.45) is 9.83. The fraction of sp³-hybridized carbons (Fsp3) is 1.00. The van der Waals surface area contributed by atoms with E-state index in [0.717, 1.165) is 12.1 Å². The summed E-state index contributed by atoms with van der Waals surface area (Å²) in [5.41, 5.74) is 0. The second-order valence-electron chi connectivity index (χ2n) is 5.18. The summed E-state index contributed by atoms with van der Waals surface area (Å²) in [6.45, 7) is 6.24. The zero-order valence-electron chi connectivity index (χ0n) is 10.2. The molecule has 1 unspecified atom stereocenters. The van der Waals surface area contributed by atoms with Crippen molar-refractivity contribution in [3.05, 3.63) is 0 Å². The number of hydrogen-bond donors (Lipinski definition) is 1. The molecule has 2 rings (SSSR count). The van der Waals surface area contributed by atoms with Crippen molar-refractivity contribution >= 4 is 0 Å². The van der Waals surface area contributed by atoms with E-state index < -0.39 is 0 Å². The van der Waals surface area contributed by atoms with Crippen LogP contribution in [0.2, 0.25) is 0 Å². The number of nitrogens with one attached hydrogen (secondary N) is 1. The van der Waals surface area contributed by atoms with Crippen LogP contribution in [0.4, 0.5) is 0 Å². The van der Waals surface area contributed by atoms with Crippen molar-refractivity contribution in [2.75, 3.05) is 19.6 Å². The average Bonchev–Trinajstić information content (AvgIpc) is 3.09. The molecule has 2 fully saturated rings. The SMILES string of the molecule is CCC1CCCCN1CCCNC1CC1. The molecule has 2 nitrogen and oxygen atoms in total. The lowest BCUT2D eigenvalue weighted by atomic mass is 10.00. The Morgan fingerprint density at radius 1 is 1.20 bits per heavy atom. The fourth-order valence-corrected chi connectivity index (χ4v) is 2.69. The van der Waals surface area contributed by atoms with E-state index in [-0.39, 0.29) is 0 Å². The van der Waals surface area contributed by atoms with E-state index in [1.54, 1.807) is 0 Å². The molecule has 0 spiro atoms. The van der Waals surface area contributed by atoms with Crippen molar-refractivity contribution in [3.63, 3.8) is 0 Å². The summed E-state index contributed by atoms with van der Waals surface area (Å²) < 4.78 is 0. The molecule has 0 radical (unpaired) electrons. The maximum absolute atomic E-state index is 3.60. The van der Waals surface area contributed by atoms with Gasteiger partial charge < -0.3 is 10.2 Å². The number of rotatable bonds is 6. The Labute approximate surface area is 94.4 Å². The molecule has 1 aliphatic heterocycles. The summed E-state index contributed by atoms with van der Waals surface area (Å²) in [4.78, 5) is 2.72. The second kappa shape index (κ2) is 5.86. The van der Waals surface area contributed by atoms with Gasteiger partial charge in [-0.25, -0.2) is 0 Å². The van der Waals surface area contributed by atoms with Crippen molar-refractivity contribution in [2.24, 2.45) is 0 Å². The molecule has 0 aromatic heterocycles. The molecule has 0 amide bonds. The third-order valence-electron chi connectivity index (χ3n) is 3.85. The standard InChI is InChI=1S/C13H26N2/c1-2-13-6-3-4-10-15(13)11-5-9-14-12-7-8-12/h12-14H,2-11H2,1H3. The van der Waals surface area contributed by atoms with E-state index in [9.17, 15) is 0 Å². The molecule has 1 atom stereocenters. The normalized spacial score (nSPS) is 28.2. The van der Waals surface area contributed by atoms with Crippen LogP contribution >= 0.6 is 0 Å². The molecule has 88 valence electrons. The monoisotopic (exact) mass is 210 g/mol. The van der Waals surface area contributed by atoms with Crippen molar-refractivity contribution < 1.29 is 0 Å². The highest BCUT2D eigenvalue weighted by molar-refractivity contribution is 4.81. The van der Waals surface area contributed by atoms with Crippen LogP contribution in [0.15, 0.2) is 0 Å². The highest BCUT2D eigenvalue weighted by Gasteiger charge is 2.21. The van der Waals surface area contributed by atoms with E-state index >= 15 is 0 Å². The van der Waals surface area contributed by atoms with Gasteiger partial charge in [-0.05, 0) is 58.2 Å². The molecular formula is C13H26N2. The van der Waals surface area contributed by atoms with E-state index in [0.29, 0.717) is 0 Å². The van der Waals surface area contributed by atoms with Gasteiger partial charge in [0.2, 0.25) is 0 Å². The Kier molecular flexibility index (Phi) is 4.45. The van der Waals surface area contributed by atoms with Crippen LogP contribution in [0.1, 0.15) is 51.9 Å². The van der Waals surface area contributed by atoms with E-state index in [1.165, 1.54) is 64.6 Å². The zero-order chi connectivity index (χ0) is 10.5. The molecule has 0 aromatic rings. The summed E-state index contributed by atoms with van der Waals surface area (Å²) in [5, 5.41) is 3.60. The van der Waals surface area contributed by atoms with Gasteiger partial charge in [-0.3, -0.25) is 0 Å². The minimum absolute atomic E-state index is 0.883. The zero-order valence-corrected chi connectivity index (χ0v) is 10.2. The Hall–Kier alpha value is -0.0800. The molecule has 2 heteroatoms. The first-order valence-corrected chi connectivity index (χ1v) is 6.87. The van der Waals surface area contributed by atoms with Crippen LogP contribution in [0.3, 0.4) is 0 Å². The fourth-order valence-electron chi connectivity index (χ4n) is 2.69. The minimum atomic E-state index is 0.883. The number of piperidine rings is 1. The summed E-state index contributed by atoms with van der Waals surface area (Å²) in [5.74, 6) is 0. The lowest BCUT2D eigenvalue weighted by molar-refractivity contribution is 0.142. The van der Waals surface area contributed by atoms with Crippen LogP contribution in [0.25, 0.3) is 0 Å². The molecule has 15 heavy (non-hydrogen) atoms. The summed E-state index contributed by atoms with van der Waals surface area (Å²) in [7, 11) is 0. The molecule has 0 bridgehead atoms. The Morgan fingerprint density at radius 3 is 2.80 bits per heavy atom. The molecule has 1 heterocycles. The molecule has 1 N–H and O–H groups in total. The smallest absolute Gasteiger partial charge is 0.00926 e. The van der Waals surface area contributed by atoms with Gasteiger partial charge in [0.1, 0.15) is 0 Å². The van der Waals surface area contributed by atoms with E-state index in [4.69, 9.17) is 0 Å². The molecule has 1 aliphatic carbocycles. The lowest BCUT2D eigenvalue weighted by Gasteiger charge is -2.35. The van der Waals surface area contributed by atoms with Crippen molar-refractivity contribution in [2.45, 2.75) is 64.0 Å². The van der Waals surface area contributed by atoms with Crippen molar-refractivity contribution in [1.82, 2.24) is 10.2 Å². The lowest BCUT2D eigenvalue weighted by Crippen LogP contribution is -2.40. The van der Waals surface area contributed by atoms with Gasteiger partial charge >= 0.3 is 0 Å². The van der Waals surface area contributed by atoms with E-state index in [2.05, 4.69) is 17.1 Å². The first kappa shape index (κ1) is 11.4. The number of hydrogen-bond acceptors (Lipinski definition) is 2. The first-order chi connectivity index (χ1) is 7.40. The number of nitrogens with zero attached hydrogens (tertiary/aromatic N) is 1. The molecular weight excluding hydrogens is 184 g/mol.